The minimum absolute atomic E-state index is 0.0157. The van der Waals surface area contributed by atoms with Gasteiger partial charge in [0.1, 0.15) is 0 Å². The van der Waals surface area contributed by atoms with Crippen LogP contribution in [-0.4, -0.2) is 16.1 Å². The molecule has 0 aliphatic heterocycles. The zero-order valence-electron chi connectivity index (χ0n) is 11.1. The second-order valence-corrected chi connectivity index (χ2v) is 5.71. The number of carboxylic acids is 1. The van der Waals surface area contributed by atoms with Crippen LogP contribution in [0.1, 0.15) is 11.1 Å². The van der Waals surface area contributed by atoms with Gasteiger partial charge in [0, 0.05) is 11.8 Å². The molecule has 0 aliphatic carbocycles. The fraction of sp³-hybridized carbons (Fsp3) is 0.143. The van der Waals surface area contributed by atoms with Crippen molar-refractivity contribution in [1.82, 2.24) is 4.98 Å². The van der Waals surface area contributed by atoms with Crippen LogP contribution in [0.2, 0.25) is 15.1 Å². The minimum Gasteiger partial charge on any atom is -0.481 e. The van der Waals surface area contributed by atoms with Crippen molar-refractivity contribution >= 4 is 40.8 Å². The maximum atomic E-state index is 12.8. The molecule has 0 bridgehead atoms. The molecule has 3 nitrogen and oxygen atoms in total. The number of carboxylic acid groups (broad SMARTS) is 1. The molecule has 1 aromatic carbocycles. The molecule has 0 unspecified atom stereocenters. The standard InChI is InChI=1S/C14H7Cl3F3NO2/c15-8-1-2-9(16)12(17)11(8)13-6(4-10(22)23)3-7(5-21-13)14(18,19)20/h1-3,5H,4H2,(H,22,23). The summed E-state index contributed by atoms with van der Waals surface area (Å²) in [6.07, 6.45) is -4.74. The molecule has 0 amide bonds. The molecule has 0 fully saturated rings. The SMILES string of the molecule is O=C(O)Cc1cc(C(F)(F)F)cnc1-c1c(Cl)ccc(Cl)c1Cl. The van der Waals surface area contributed by atoms with E-state index in [4.69, 9.17) is 39.9 Å². The lowest BCUT2D eigenvalue weighted by atomic mass is 10.0. The number of pyridine rings is 1. The topological polar surface area (TPSA) is 50.2 Å². The molecule has 23 heavy (non-hydrogen) atoms. The summed E-state index contributed by atoms with van der Waals surface area (Å²) >= 11 is 17.9. The highest BCUT2D eigenvalue weighted by atomic mass is 35.5. The van der Waals surface area contributed by atoms with Gasteiger partial charge >= 0.3 is 12.1 Å². The molecule has 1 aromatic heterocycles. The van der Waals surface area contributed by atoms with Gasteiger partial charge in [-0.3, -0.25) is 9.78 Å². The van der Waals surface area contributed by atoms with Crippen molar-refractivity contribution in [2.45, 2.75) is 12.6 Å². The number of aliphatic carboxylic acids is 1. The Kier molecular flexibility index (Phi) is 5.08. The Morgan fingerprint density at radius 2 is 1.78 bits per heavy atom. The van der Waals surface area contributed by atoms with Gasteiger partial charge in [-0.1, -0.05) is 34.8 Å². The smallest absolute Gasteiger partial charge is 0.417 e. The molecule has 1 N–H and O–H groups in total. The summed E-state index contributed by atoms with van der Waals surface area (Å²) in [5.41, 5.74) is -1.20. The Morgan fingerprint density at radius 1 is 1.17 bits per heavy atom. The van der Waals surface area contributed by atoms with E-state index in [0.29, 0.717) is 12.3 Å². The monoisotopic (exact) mass is 383 g/mol. The normalized spacial score (nSPS) is 11.6. The highest BCUT2D eigenvalue weighted by molar-refractivity contribution is 6.46. The third-order valence-electron chi connectivity index (χ3n) is 2.92. The number of hydrogen-bond donors (Lipinski definition) is 1. The maximum Gasteiger partial charge on any atom is 0.417 e. The first-order valence-electron chi connectivity index (χ1n) is 6.03. The van der Waals surface area contributed by atoms with Crippen molar-refractivity contribution in [2.24, 2.45) is 0 Å². The van der Waals surface area contributed by atoms with Gasteiger partial charge in [0.15, 0.2) is 0 Å². The van der Waals surface area contributed by atoms with Crippen LogP contribution in [0.4, 0.5) is 13.2 Å². The van der Waals surface area contributed by atoms with Crippen molar-refractivity contribution in [2.75, 3.05) is 0 Å². The first-order valence-corrected chi connectivity index (χ1v) is 7.16. The van der Waals surface area contributed by atoms with Gasteiger partial charge < -0.3 is 5.11 Å². The summed E-state index contributed by atoms with van der Waals surface area (Å²) in [7, 11) is 0. The fourth-order valence-electron chi connectivity index (χ4n) is 1.93. The van der Waals surface area contributed by atoms with E-state index >= 15 is 0 Å². The summed E-state index contributed by atoms with van der Waals surface area (Å²) in [5, 5.41) is 9.12. The Labute approximate surface area is 143 Å². The molecule has 0 spiro atoms. The van der Waals surface area contributed by atoms with Gasteiger partial charge in [0.2, 0.25) is 0 Å². The number of aromatic nitrogens is 1. The van der Waals surface area contributed by atoms with Crippen LogP contribution < -0.4 is 0 Å². The van der Waals surface area contributed by atoms with Gasteiger partial charge in [0.25, 0.3) is 0 Å². The minimum atomic E-state index is -4.65. The molecule has 9 heteroatoms. The van der Waals surface area contributed by atoms with E-state index in [1.165, 1.54) is 12.1 Å². The molecule has 0 aliphatic rings. The van der Waals surface area contributed by atoms with E-state index < -0.39 is 24.1 Å². The van der Waals surface area contributed by atoms with Crippen LogP contribution in [0.5, 0.6) is 0 Å². The zero-order chi connectivity index (χ0) is 17.4. The van der Waals surface area contributed by atoms with Gasteiger partial charge in [-0.15, -0.1) is 0 Å². The van der Waals surface area contributed by atoms with Gasteiger partial charge in [-0.25, -0.2) is 0 Å². The third-order valence-corrected chi connectivity index (χ3v) is 4.04. The van der Waals surface area contributed by atoms with Gasteiger partial charge in [-0.05, 0) is 23.8 Å². The molecular formula is C14H7Cl3F3NO2. The number of benzene rings is 1. The first kappa shape index (κ1) is 17.8. The van der Waals surface area contributed by atoms with Crippen LogP contribution in [-0.2, 0) is 17.4 Å². The first-order chi connectivity index (χ1) is 10.6. The molecule has 0 atom stereocenters. The van der Waals surface area contributed by atoms with E-state index in [2.05, 4.69) is 4.98 Å². The van der Waals surface area contributed by atoms with Crippen molar-refractivity contribution in [3.8, 4) is 11.3 Å². The number of alkyl halides is 3. The maximum absolute atomic E-state index is 12.8. The molecule has 2 rings (SSSR count). The lowest BCUT2D eigenvalue weighted by molar-refractivity contribution is -0.139. The molecule has 1 heterocycles. The van der Waals surface area contributed by atoms with Crippen molar-refractivity contribution in [1.29, 1.82) is 0 Å². The molecule has 2 aromatic rings. The molecule has 0 saturated carbocycles. The van der Waals surface area contributed by atoms with Crippen LogP contribution >= 0.6 is 34.8 Å². The second-order valence-electron chi connectivity index (χ2n) is 4.52. The largest absolute Gasteiger partial charge is 0.481 e. The average Bonchev–Trinajstić information content (AvgIpc) is 2.43. The number of nitrogens with zero attached hydrogens (tertiary/aromatic N) is 1. The Morgan fingerprint density at radius 3 is 2.35 bits per heavy atom. The fourth-order valence-corrected chi connectivity index (χ4v) is 2.64. The summed E-state index contributed by atoms with van der Waals surface area (Å²) < 4.78 is 38.4. The lowest BCUT2D eigenvalue weighted by Gasteiger charge is -2.14. The second kappa shape index (κ2) is 6.55. The van der Waals surface area contributed by atoms with Crippen LogP contribution in [0, 0.1) is 0 Å². The van der Waals surface area contributed by atoms with Gasteiger partial charge in [0.05, 0.1) is 32.7 Å². The Bertz CT molecular complexity index is 779. The van der Waals surface area contributed by atoms with E-state index in [9.17, 15) is 18.0 Å². The highest BCUT2D eigenvalue weighted by Gasteiger charge is 2.32. The Balaban J connectivity index is 2.72. The van der Waals surface area contributed by atoms with E-state index in [0.717, 1.165) is 0 Å². The van der Waals surface area contributed by atoms with Crippen LogP contribution in [0.25, 0.3) is 11.3 Å². The van der Waals surface area contributed by atoms with Gasteiger partial charge in [-0.2, -0.15) is 13.2 Å². The van der Waals surface area contributed by atoms with E-state index in [1.807, 2.05) is 0 Å². The Hall–Kier alpha value is -1.50. The van der Waals surface area contributed by atoms with Crippen molar-refractivity contribution < 1.29 is 23.1 Å². The number of carbonyl (C=O) groups is 1. The number of rotatable bonds is 3. The van der Waals surface area contributed by atoms with Crippen LogP contribution in [0.3, 0.4) is 0 Å². The summed E-state index contributed by atoms with van der Waals surface area (Å²) in [6, 6.07) is 3.52. The molecule has 0 saturated heterocycles. The van der Waals surface area contributed by atoms with Crippen molar-refractivity contribution in [3.05, 3.63) is 50.6 Å². The molecule has 0 radical (unpaired) electrons. The van der Waals surface area contributed by atoms with E-state index in [-0.39, 0.29) is 31.9 Å². The number of hydrogen-bond acceptors (Lipinski definition) is 2. The van der Waals surface area contributed by atoms with Crippen molar-refractivity contribution in [3.63, 3.8) is 0 Å². The average molecular weight is 385 g/mol. The molecule has 122 valence electrons. The zero-order valence-corrected chi connectivity index (χ0v) is 13.4. The summed E-state index contributed by atoms with van der Waals surface area (Å²) in [6.45, 7) is 0. The third kappa shape index (κ3) is 3.88. The van der Waals surface area contributed by atoms with Crippen LogP contribution in [0.15, 0.2) is 24.4 Å². The van der Waals surface area contributed by atoms with E-state index in [1.54, 1.807) is 0 Å². The quantitative estimate of drug-likeness (QED) is 0.725. The summed E-state index contributed by atoms with van der Waals surface area (Å²) in [5.74, 6) is -1.32. The highest BCUT2D eigenvalue weighted by Crippen LogP contribution is 2.41. The predicted molar refractivity (Wildman–Crippen MR) is 81.0 cm³/mol. The summed E-state index contributed by atoms with van der Waals surface area (Å²) in [4.78, 5) is 14.7. The lowest BCUT2D eigenvalue weighted by Crippen LogP contribution is -2.10. The number of halogens is 6. The molecular weight excluding hydrogens is 378 g/mol. The predicted octanol–water partition coefficient (Wildman–Crippen LogP) is 5.35.